The molecule has 162 valence electrons. The van der Waals surface area contributed by atoms with Crippen LogP contribution in [0.25, 0.3) is 0 Å². The Hall–Kier alpha value is 0.350. The van der Waals surface area contributed by atoms with E-state index in [9.17, 15) is 14.4 Å². The SMILES string of the molecule is CC(=O)O[C@@H]1[C@H](C[C@H](C)C(Cl)(Cl)Cl)N(C(=O)C[C@H](C)C(Cl)(Cl)Cl)C(=O)C1(C)C. The predicted molar refractivity (Wildman–Crippen MR) is 113 cm³/mol. The predicted octanol–water partition coefficient (Wildman–Crippen LogP) is 5.47. The topological polar surface area (TPSA) is 63.7 Å². The minimum atomic E-state index is -1.68. The number of nitrogens with zero attached hydrogens (tertiary/aromatic N) is 1. The highest BCUT2D eigenvalue weighted by Crippen LogP contribution is 2.45. The molecule has 1 saturated heterocycles. The molecule has 0 spiro atoms. The minimum Gasteiger partial charge on any atom is -0.459 e. The first-order chi connectivity index (χ1) is 12.4. The van der Waals surface area contributed by atoms with E-state index in [0.29, 0.717) is 0 Å². The second-order valence-electron chi connectivity index (χ2n) is 7.71. The average Bonchev–Trinajstić information content (AvgIpc) is 2.65. The van der Waals surface area contributed by atoms with Gasteiger partial charge in [-0.25, -0.2) is 0 Å². The quantitative estimate of drug-likeness (QED) is 0.358. The second-order valence-corrected chi connectivity index (χ2v) is 12.5. The highest BCUT2D eigenvalue weighted by atomic mass is 35.6. The van der Waals surface area contributed by atoms with E-state index in [-0.39, 0.29) is 12.8 Å². The normalized spacial score (nSPS) is 24.8. The Bertz CT molecular complexity index is 628. The maximum Gasteiger partial charge on any atom is 0.303 e. The molecule has 1 aliphatic rings. The number of likely N-dealkylation sites (tertiary alicyclic amines) is 1. The van der Waals surface area contributed by atoms with E-state index in [1.807, 2.05) is 0 Å². The Labute approximate surface area is 195 Å². The summed E-state index contributed by atoms with van der Waals surface area (Å²) in [6.45, 7) is 7.67. The molecular weight excluding hydrogens is 495 g/mol. The summed E-state index contributed by atoms with van der Waals surface area (Å²) < 4.78 is 2.11. The molecule has 0 aromatic heterocycles. The Kier molecular flexibility index (Phi) is 8.70. The van der Waals surface area contributed by atoms with Gasteiger partial charge in [-0.2, -0.15) is 0 Å². The van der Waals surface area contributed by atoms with Crippen molar-refractivity contribution in [3.63, 3.8) is 0 Å². The molecule has 0 aromatic carbocycles. The molecule has 0 N–H and O–H groups in total. The van der Waals surface area contributed by atoms with Gasteiger partial charge in [0.2, 0.25) is 11.8 Å². The third kappa shape index (κ3) is 6.18. The van der Waals surface area contributed by atoms with Gasteiger partial charge in [-0.3, -0.25) is 19.3 Å². The highest BCUT2D eigenvalue weighted by molar-refractivity contribution is 6.68. The van der Waals surface area contributed by atoms with Crippen molar-refractivity contribution < 1.29 is 19.1 Å². The molecule has 0 aliphatic carbocycles. The number of esters is 1. The maximum atomic E-state index is 13.0. The van der Waals surface area contributed by atoms with Crippen LogP contribution in [0.15, 0.2) is 0 Å². The summed E-state index contributed by atoms with van der Waals surface area (Å²) >= 11 is 35.5. The first-order valence-corrected chi connectivity index (χ1v) is 10.8. The summed E-state index contributed by atoms with van der Waals surface area (Å²) in [4.78, 5) is 38.7. The van der Waals surface area contributed by atoms with Crippen molar-refractivity contribution in [1.82, 2.24) is 4.90 Å². The van der Waals surface area contributed by atoms with Crippen LogP contribution in [-0.4, -0.2) is 42.4 Å². The van der Waals surface area contributed by atoms with E-state index < -0.39 is 54.8 Å². The van der Waals surface area contributed by atoms with E-state index in [1.165, 1.54) is 6.92 Å². The number of imide groups is 1. The van der Waals surface area contributed by atoms with Crippen molar-refractivity contribution in [2.45, 2.75) is 67.2 Å². The zero-order chi connectivity index (χ0) is 22.2. The first kappa shape index (κ1) is 26.4. The molecule has 28 heavy (non-hydrogen) atoms. The second kappa shape index (κ2) is 9.23. The Balaban J connectivity index is 3.30. The van der Waals surface area contributed by atoms with Gasteiger partial charge in [-0.15, -0.1) is 0 Å². The van der Waals surface area contributed by atoms with Gasteiger partial charge < -0.3 is 4.74 Å². The molecule has 0 bridgehead atoms. The van der Waals surface area contributed by atoms with Crippen molar-refractivity contribution in [3.8, 4) is 0 Å². The van der Waals surface area contributed by atoms with Gasteiger partial charge in [0.05, 0.1) is 11.5 Å². The first-order valence-electron chi connectivity index (χ1n) is 8.57. The third-order valence-corrected chi connectivity index (χ3v) is 7.15. The molecule has 0 aromatic rings. The van der Waals surface area contributed by atoms with Crippen molar-refractivity contribution in [3.05, 3.63) is 0 Å². The van der Waals surface area contributed by atoms with Gasteiger partial charge in [-0.05, 0) is 20.3 Å². The van der Waals surface area contributed by atoms with Gasteiger partial charge in [0, 0.05) is 25.2 Å². The molecule has 5 nitrogen and oxygen atoms in total. The number of carbonyl (C=O) groups excluding carboxylic acids is 3. The van der Waals surface area contributed by atoms with Crippen LogP contribution in [0.4, 0.5) is 0 Å². The van der Waals surface area contributed by atoms with E-state index in [1.54, 1.807) is 27.7 Å². The molecule has 1 aliphatic heterocycles. The van der Waals surface area contributed by atoms with Crippen LogP contribution in [0.1, 0.15) is 47.5 Å². The van der Waals surface area contributed by atoms with Crippen molar-refractivity contribution in [2.24, 2.45) is 17.3 Å². The van der Waals surface area contributed by atoms with Crippen molar-refractivity contribution in [1.29, 1.82) is 0 Å². The van der Waals surface area contributed by atoms with Crippen LogP contribution in [0, 0.1) is 17.3 Å². The van der Waals surface area contributed by atoms with Gasteiger partial charge in [0.1, 0.15) is 6.10 Å². The van der Waals surface area contributed by atoms with Crippen molar-refractivity contribution in [2.75, 3.05) is 0 Å². The highest BCUT2D eigenvalue weighted by Gasteiger charge is 2.58. The standard InChI is InChI=1S/C17H23Cl6NO4/c1-8(16(18,19)20)6-11-13(28-10(3)25)15(4,5)14(27)24(11)12(26)7-9(2)17(21,22)23/h8-9,11,13H,6-7H2,1-5H3/t8-,9-,11-,13+/m0/s1. The average molecular weight is 518 g/mol. The lowest BCUT2D eigenvalue weighted by molar-refractivity contribution is -0.153. The smallest absolute Gasteiger partial charge is 0.303 e. The van der Waals surface area contributed by atoms with Gasteiger partial charge >= 0.3 is 5.97 Å². The fraction of sp³-hybridized carbons (Fsp3) is 0.824. The largest absolute Gasteiger partial charge is 0.459 e. The monoisotopic (exact) mass is 515 g/mol. The van der Waals surface area contributed by atoms with Crippen LogP contribution in [0.2, 0.25) is 0 Å². The van der Waals surface area contributed by atoms with E-state index in [0.717, 1.165) is 4.90 Å². The number of carbonyl (C=O) groups is 3. The van der Waals surface area contributed by atoms with E-state index in [2.05, 4.69) is 0 Å². The number of alkyl halides is 6. The van der Waals surface area contributed by atoms with E-state index >= 15 is 0 Å². The number of rotatable bonds is 5. The molecule has 4 atom stereocenters. The van der Waals surface area contributed by atoms with Gasteiger partial charge in [0.25, 0.3) is 0 Å². The lowest BCUT2D eigenvalue weighted by Gasteiger charge is -2.32. The number of amides is 2. The fourth-order valence-corrected chi connectivity index (χ4v) is 3.60. The van der Waals surface area contributed by atoms with Crippen LogP contribution in [0.3, 0.4) is 0 Å². The molecule has 0 saturated carbocycles. The number of halogens is 6. The van der Waals surface area contributed by atoms with Crippen LogP contribution in [-0.2, 0) is 19.1 Å². The molecular formula is C17H23Cl6NO4. The number of hydrogen-bond donors (Lipinski definition) is 0. The molecule has 1 fully saturated rings. The summed E-state index contributed by atoms with van der Waals surface area (Å²) in [5.41, 5.74) is -1.15. The molecule has 0 radical (unpaired) electrons. The summed E-state index contributed by atoms with van der Waals surface area (Å²) in [7, 11) is 0. The Morgan fingerprint density at radius 2 is 1.54 bits per heavy atom. The van der Waals surface area contributed by atoms with Crippen LogP contribution < -0.4 is 0 Å². The lowest BCUT2D eigenvalue weighted by atomic mass is 9.84. The molecule has 11 heteroatoms. The maximum absolute atomic E-state index is 13.0. The Morgan fingerprint density at radius 1 is 1.07 bits per heavy atom. The summed E-state index contributed by atoms with van der Waals surface area (Å²) in [6.07, 6.45) is -0.972. The summed E-state index contributed by atoms with van der Waals surface area (Å²) in [6, 6.07) is -0.813. The Morgan fingerprint density at radius 3 is 1.93 bits per heavy atom. The zero-order valence-corrected chi connectivity index (χ0v) is 20.6. The van der Waals surface area contributed by atoms with Crippen LogP contribution in [0.5, 0.6) is 0 Å². The van der Waals surface area contributed by atoms with Crippen molar-refractivity contribution >= 4 is 87.4 Å². The number of ether oxygens (including phenoxy) is 1. The lowest BCUT2D eigenvalue weighted by Crippen LogP contribution is -2.45. The zero-order valence-electron chi connectivity index (χ0n) is 16.1. The van der Waals surface area contributed by atoms with Gasteiger partial charge in [-0.1, -0.05) is 83.5 Å². The summed E-state index contributed by atoms with van der Waals surface area (Å²) in [5.74, 6) is -2.82. The molecule has 1 heterocycles. The van der Waals surface area contributed by atoms with Gasteiger partial charge in [0.15, 0.2) is 7.59 Å². The molecule has 1 rings (SSSR count). The number of hydrogen-bond acceptors (Lipinski definition) is 4. The molecule has 0 unspecified atom stereocenters. The van der Waals surface area contributed by atoms with Crippen LogP contribution >= 0.6 is 69.6 Å². The minimum absolute atomic E-state index is 0.123. The molecule has 2 amide bonds. The third-order valence-electron chi connectivity index (χ3n) is 4.92. The summed E-state index contributed by atoms with van der Waals surface area (Å²) in [5, 5.41) is 0. The van der Waals surface area contributed by atoms with E-state index in [4.69, 9.17) is 74.3 Å². The fourth-order valence-electron chi connectivity index (χ4n) is 3.10.